The lowest BCUT2D eigenvalue weighted by Gasteiger charge is -2.20. The zero-order valence-corrected chi connectivity index (χ0v) is 13.5. The molecule has 0 atom stereocenters. The number of benzene rings is 2. The van der Waals surface area contributed by atoms with Crippen molar-refractivity contribution in [3.63, 3.8) is 0 Å². The molecule has 23 heavy (non-hydrogen) atoms. The first-order chi connectivity index (χ1) is 10.9. The molecule has 0 saturated carbocycles. The molecule has 2 aromatic carbocycles. The summed E-state index contributed by atoms with van der Waals surface area (Å²) in [6, 6.07) is 15.2. The molecule has 0 radical (unpaired) electrons. The number of carbonyl (C=O) groups is 2. The second kappa shape index (κ2) is 7.09. The lowest BCUT2D eigenvalue weighted by Crippen LogP contribution is -2.28. The van der Waals surface area contributed by atoms with Gasteiger partial charge in [0.05, 0.1) is 11.0 Å². The molecule has 0 aliphatic rings. The minimum absolute atomic E-state index is 0.283. The molecule has 0 saturated heterocycles. The lowest BCUT2D eigenvalue weighted by molar-refractivity contribution is -0.144. The summed E-state index contributed by atoms with van der Waals surface area (Å²) in [4.78, 5) is 23.9. The monoisotopic (exact) mass is 312 g/mol. The summed E-state index contributed by atoms with van der Waals surface area (Å²) in [5.41, 5.74) is -0.0500. The lowest BCUT2D eigenvalue weighted by atomic mass is 9.91. The van der Waals surface area contributed by atoms with Gasteiger partial charge >= 0.3 is 11.9 Å². The van der Waals surface area contributed by atoms with E-state index in [1.807, 2.05) is 26.8 Å². The summed E-state index contributed by atoms with van der Waals surface area (Å²) < 4.78 is 10.6. The molecule has 0 amide bonds. The van der Waals surface area contributed by atoms with Gasteiger partial charge in [0.2, 0.25) is 0 Å². The maximum atomic E-state index is 12.0. The van der Waals surface area contributed by atoms with E-state index in [1.165, 1.54) is 0 Å². The Hall–Kier alpha value is -2.62. The second-order valence-electron chi connectivity index (χ2n) is 5.85. The zero-order valence-electron chi connectivity index (χ0n) is 13.5. The standard InChI is InChI=1S/C19H20O4/c1-4-19(2,3)18(21)23-16-12-10-15(11-13-16)22-17(20)14-8-6-5-7-9-14/h5-13H,4H2,1-3H3. The van der Waals surface area contributed by atoms with E-state index in [0.29, 0.717) is 23.5 Å². The first kappa shape index (κ1) is 16.7. The third-order valence-corrected chi connectivity index (χ3v) is 3.69. The first-order valence-corrected chi connectivity index (χ1v) is 7.52. The maximum absolute atomic E-state index is 12.0. The minimum atomic E-state index is -0.529. The van der Waals surface area contributed by atoms with E-state index < -0.39 is 11.4 Å². The van der Waals surface area contributed by atoms with Gasteiger partial charge in [0, 0.05) is 0 Å². The molecule has 120 valence electrons. The SMILES string of the molecule is CCC(C)(C)C(=O)Oc1ccc(OC(=O)c2ccccc2)cc1. The van der Waals surface area contributed by atoms with Crippen LogP contribution >= 0.6 is 0 Å². The molecule has 0 aromatic heterocycles. The van der Waals surface area contributed by atoms with Gasteiger partial charge in [-0.25, -0.2) is 4.79 Å². The van der Waals surface area contributed by atoms with Gasteiger partial charge in [-0.05, 0) is 56.7 Å². The van der Waals surface area contributed by atoms with Crippen molar-refractivity contribution in [2.24, 2.45) is 5.41 Å². The van der Waals surface area contributed by atoms with Crippen LogP contribution < -0.4 is 9.47 Å². The van der Waals surface area contributed by atoms with Crippen molar-refractivity contribution in [1.82, 2.24) is 0 Å². The smallest absolute Gasteiger partial charge is 0.343 e. The quantitative estimate of drug-likeness (QED) is 0.612. The average Bonchev–Trinajstić information content (AvgIpc) is 2.57. The summed E-state index contributed by atoms with van der Waals surface area (Å²) >= 11 is 0. The van der Waals surface area contributed by atoms with Crippen LogP contribution in [0.3, 0.4) is 0 Å². The molecule has 0 N–H and O–H groups in total. The van der Waals surface area contributed by atoms with E-state index in [1.54, 1.807) is 48.5 Å². The Kier molecular flexibility index (Phi) is 5.16. The average molecular weight is 312 g/mol. The Morgan fingerprint density at radius 1 is 0.870 bits per heavy atom. The number of ether oxygens (including phenoxy) is 2. The molecule has 0 fully saturated rings. The summed E-state index contributed by atoms with van der Waals surface area (Å²) in [5, 5.41) is 0. The predicted molar refractivity (Wildman–Crippen MR) is 87.5 cm³/mol. The largest absolute Gasteiger partial charge is 0.426 e. The van der Waals surface area contributed by atoms with Crippen LogP contribution in [0.4, 0.5) is 0 Å². The Morgan fingerprint density at radius 3 is 1.91 bits per heavy atom. The van der Waals surface area contributed by atoms with Gasteiger partial charge in [0.25, 0.3) is 0 Å². The molecule has 0 aliphatic heterocycles. The van der Waals surface area contributed by atoms with E-state index in [4.69, 9.17) is 9.47 Å². The Bertz CT molecular complexity index is 672. The van der Waals surface area contributed by atoms with Crippen molar-refractivity contribution in [1.29, 1.82) is 0 Å². The van der Waals surface area contributed by atoms with E-state index in [9.17, 15) is 9.59 Å². The number of hydrogen-bond acceptors (Lipinski definition) is 4. The van der Waals surface area contributed by atoms with Gasteiger partial charge in [0.15, 0.2) is 0 Å². The minimum Gasteiger partial charge on any atom is -0.426 e. The fourth-order valence-corrected chi connectivity index (χ4v) is 1.71. The van der Waals surface area contributed by atoms with E-state index >= 15 is 0 Å². The van der Waals surface area contributed by atoms with Crippen molar-refractivity contribution >= 4 is 11.9 Å². The summed E-state index contributed by atoms with van der Waals surface area (Å²) in [5.74, 6) is 0.112. The van der Waals surface area contributed by atoms with Gasteiger partial charge in [-0.3, -0.25) is 4.79 Å². The predicted octanol–water partition coefficient (Wildman–Crippen LogP) is 4.25. The van der Waals surface area contributed by atoms with Gasteiger partial charge in [0.1, 0.15) is 11.5 Å². The Balaban J connectivity index is 2.00. The van der Waals surface area contributed by atoms with Crippen molar-refractivity contribution in [3.05, 3.63) is 60.2 Å². The van der Waals surface area contributed by atoms with Gasteiger partial charge in [-0.15, -0.1) is 0 Å². The highest BCUT2D eigenvalue weighted by Crippen LogP contribution is 2.25. The normalized spacial score (nSPS) is 10.9. The highest BCUT2D eigenvalue weighted by molar-refractivity contribution is 5.91. The molecule has 0 heterocycles. The first-order valence-electron chi connectivity index (χ1n) is 7.52. The van der Waals surface area contributed by atoms with E-state index in [0.717, 1.165) is 0 Å². The summed E-state index contributed by atoms with van der Waals surface area (Å²) in [7, 11) is 0. The molecule has 0 spiro atoms. The van der Waals surface area contributed by atoms with Crippen LogP contribution in [0.5, 0.6) is 11.5 Å². The van der Waals surface area contributed by atoms with Gasteiger partial charge in [-0.1, -0.05) is 25.1 Å². The van der Waals surface area contributed by atoms with Gasteiger partial charge < -0.3 is 9.47 Å². The van der Waals surface area contributed by atoms with Crippen LogP contribution in [0, 0.1) is 5.41 Å². The van der Waals surface area contributed by atoms with Crippen LogP contribution in [-0.4, -0.2) is 11.9 Å². The highest BCUT2D eigenvalue weighted by atomic mass is 16.5. The molecule has 2 rings (SSSR count). The molecule has 2 aromatic rings. The molecular weight excluding hydrogens is 292 g/mol. The van der Waals surface area contributed by atoms with Crippen LogP contribution in [0.2, 0.25) is 0 Å². The third kappa shape index (κ3) is 4.42. The third-order valence-electron chi connectivity index (χ3n) is 3.69. The Labute approximate surface area is 136 Å². The molecule has 0 unspecified atom stereocenters. The molecule has 4 nitrogen and oxygen atoms in total. The van der Waals surface area contributed by atoms with Crippen molar-refractivity contribution < 1.29 is 19.1 Å². The number of rotatable bonds is 5. The van der Waals surface area contributed by atoms with Crippen LogP contribution in [-0.2, 0) is 4.79 Å². The number of hydrogen-bond donors (Lipinski definition) is 0. The van der Waals surface area contributed by atoms with Crippen molar-refractivity contribution in [2.45, 2.75) is 27.2 Å². The topological polar surface area (TPSA) is 52.6 Å². The highest BCUT2D eigenvalue weighted by Gasteiger charge is 2.27. The molecule has 4 heteroatoms. The van der Waals surface area contributed by atoms with E-state index in [2.05, 4.69) is 0 Å². The van der Waals surface area contributed by atoms with Crippen LogP contribution in [0.15, 0.2) is 54.6 Å². The Morgan fingerprint density at radius 2 is 1.39 bits per heavy atom. The van der Waals surface area contributed by atoms with Crippen molar-refractivity contribution in [3.8, 4) is 11.5 Å². The fraction of sp³-hybridized carbons (Fsp3) is 0.263. The number of carbonyl (C=O) groups excluding carboxylic acids is 2. The zero-order chi connectivity index (χ0) is 16.9. The summed E-state index contributed by atoms with van der Waals surface area (Å²) in [6.07, 6.45) is 0.693. The van der Waals surface area contributed by atoms with Crippen LogP contribution in [0.1, 0.15) is 37.6 Å². The van der Waals surface area contributed by atoms with Crippen LogP contribution in [0.25, 0.3) is 0 Å². The molecule has 0 aliphatic carbocycles. The van der Waals surface area contributed by atoms with Gasteiger partial charge in [-0.2, -0.15) is 0 Å². The summed E-state index contributed by atoms with van der Waals surface area (Å²) in [6.45, 7) is 5.62. The van der Waals surface area contributed by atoms with E-state index in [-0.39, 0.29) is 5.97 Å². The number of esters is 2. The fourth-order valence-electron chi connectivity index (χ4n) is 1.71. The molecule has 0 bridgehead atoms. The maximum Gasteiger partial charge on any atom is 0.343 e. The second-order valence-corrected chi connectivity index (χ2v) is 5.85. The van der Waals surface area contributed by atoms with Crippen molar-refractivity contribution in [2.75, 3.05) is 0 Å². The molecular formula is C19H20O4.